The van der Waals surface area contributed by atoms with Crippen LogP contribution in [-0.2, 0) is 4.84 Å². The van der Waals surface area contributed by atoms with Gasteiger partial charge in [0.15, 0.2) is 6.10 Å². The fourth-order valence-electron chi connectivity index (χ4n) is 2.12. The van der Waals surface area contributed by atoms with E-state index in [0.29, 0.717) is 36.6 Å². The number of nitrogens with two attached hydrogens (primary N) is 1. The highest BCUT2D eigenvalue weighted by molar-refractivity contribution is 5.87. The first-order valence-electron chi connectivity index (χ1n) is 6.87. The van der Waals surface area contributed by atoms with Gasteiger partial charge < -0.3 is 15.3 Å². The maximum absolute atomic E-state index is 12.9. The summed E-state index contributed by atoms with van der Waals surface area (Å²) in [5, 5.41) is 3.88. The molecule has 0 spiro atoms. The molecule has 2 aromatic rings. The Balaban J connectivity index is 1.71. The molecule has 0 aliphatic carbocycles. The molecular formula is C15H15FN4O2. The Labute approximate surface area is 126 Å². The van der Waals surface area contributed by atoms with E-state index in [0.717, 1.165) is 5.71 Å². The van der Waals surface area contributed by atoms with Crippen LogP contribution in [-0.4, -0.2) is 34.9 Å². The Hall–Kier alpha value is -2.54. The fourth-order valence-corrected chi connectivity index (χ4v) is 2.12. The molecule has 0 saturated carbocycles. The number of halogens is 1. The lowest BCUT2D eigenvalue weighted by atomic mass is 10.1. The van der Waals surface area contributed by atoms with Crippen LogP contribution in [0.5, 0.6) is 5.75 Å². The van der Waals surface area contributed by atoms with Gasteiger partial charge >= 0.3 is 0 Å². The summed E-state index contributed by atoms with van der Waals surface area (Å²) in [6.45, 7) is 0.718. The molecule has 2 N–H and O–H groups in total. The van der Waals surface area contributed by atoms with E-state index in [1.807, 2.05) is 0 Å². The Morgan fingerprint density at radius 1 is 1.32 bits per heavy atom. The number of aromatic nitrogens is 2. The molecule has 1 aliphatic rings. The van der Waals surface area contributed by atoms with E-state index < -0.39 is 5.95 Å². The van der Waals surface area contributed by atoms with Crippen molar-refractivity contribution in [2.24, 2.45) is 10.9 Å². The molecule has 22 heavy (non-hydrogen) atoms. The largest absolute Gasteiger partial charge is 0.487 e. The van der Waals surface area contributed by atoms with E-state index in [2.05, 4.69) is 15.1 Å². The molecular weight excluding hydrogens is 287 g/mol. The predicted molar refractivity (Wildman–Crippen MR) is 78.9 cm³/mol. The third kappa shape index (κ3) is 3.20. The van der Waals surface area contributed by atoms with Crippen molar-refractivity contribution >= 4 is 5.71 Å². The molecule has 114 valence electrons. The van der Waals surface area contributed by atoms with E-state index in [9.17, 15) is 4.39 Å². The molecule has 1 unspecified atom stereocenters. The van der Waals surface area contributed by atoms with Gasteiger partial charge in [-0.2, -0.15) is 4.39 Å². The second kappa shape index (κ2) is 6.48. The van der Waals surface area contributed by atoms with E-state index in [-0.39, 0.29) is 6.10 Å². The second-order valence-corrected chi connectivity index (χ2v) is 4.82. The molecule has 0 saturated heterocycles. The topological polar surface area (TPSA) is 82.6 Å². The van der Waals surface area contributed by atoms with Crippen molar-refractivity contribution in [3.8, 4) is 17.0 Å². The van der Waals surface area contributed by atoms with Crippen molar-refractivity contribution in [3.63, 3.8) is 0 Å². The summed E-state index contributed by atoms with van der Waals surface area (Å²) in [5.41, 5.74) is 7.63. The highest BCUT2D eigenvalue weighted by Crippen LogP contribution is 2.27. The summed E-state index contributed by atoms with van der Waals surface area (Å²) < 4.78 is 18.7. The minimum atomic E-state index is -0.534. The second-order valence-electron chi connectivity index (χ2n) is 4.82. The maximum Gasteiger partial charge on any atom is 0.212 e. The minimum absolute atomic E-state index is 0.155. The number of hydrogen-bond acceptors (Lipinski definition) is 6. The van der Waals surface area contributed by atoms with E-state index in [1.54, 1.807) is 24.4 Å². The van der Waals surface area contributed by atoms with E-state index in [1.165, 1.54) is 12.3 Å². The van der Waals surface area contributed by atoms with Crippen molar-refractivity contribution in [1.29, 1.82) is 0 Å². The van der Waals surface area contributed by atoms with Crippen LogP contribution in [0.25, 0.3) is 11.3 Å². The molecule has 2 aromatic heterocycles. The van der Waals surface area contributed by atoms with Gasteiger partial charge in [-0.3, -0.25) is 4.98 Å². The van der Waals surface area contributed by atoms with Crippen LogP contribution in [0.2, 0.25) is 0 Å². The lowest BCUT2D eigenvalue weighted by Gasteiger charge is -2.13. The number of ether oxygens (including phenoxy) is 1. The number of pyridine rings is 2. The van der Waals surface area contributed by atoms with Crippen molar-refractivity contribution in [1.82, 2.24) is 9.97 Å². The monoisotopic (exact) mass is 302 g/mol. The normalized spacial score (nSPS) is 17.0. The van der Waals surface area contributed by atoms with Crippen molar-refractivity contribution in [3.05, 3.63) is 42.6 Å². The molecule has 0 aromatic carbocycles. The number of oxime groups is 1. The SMILES string of the molecule is NCC1=NOC(COc2cccnc2-c2ccc(F)nc2)C1. The first kappa shape index (κ1) is 14.4. The Morgan fingerprint density at radius 2 is 2.23 bits per heavy atom. The standard InChI is InChI=1S/C15H15FN4O2/c16-14-4-3-10(8-19-14)15-13(2-1-5-18-15)21-9-12-6-11(7-17)20-22-12/h1-5,8,12H,6-7,9,17H2. The van der Waals surface area contributed by atoms with Gasteiger partial charge in [0.1, 0.15) is 18.1 Å². The van der Waals surface area contributed by atoms with Crippen LogP contribution in [0.1, 0.15) is 6.42 Å². The first-order valence-corrected chi connectivity index (χ1v) is 6.87. The molecule has 6 nitrogen and oxygen atoms in total. The Bertz CT molecular complexity index is 675. The lowest BCUT2D eigenvalue weighted by molar-refractivity contribution is 0.0471. The fraction of sp³-hybridized carbons (Fsp3) is 0.267. The van der Waals surface area contributed by atoms with Gasteiger partial charge in [0, 0.05) is 30.9 Å². The van der Waals surface area contributed by atoms with Crippen LogP contribution in [0.3, 0.4) is 0 Å². The molecule has 3 rings (SSSR count). The molecule has 0 radical (unpaired) electrons. The quantitative estimate of drug-likeness (QED) is 0.851. The van der Waals surface area contributed by atoms with Crippen LogP contribution >= 0.6 is 0 Å². The highest BCUT2D eigenvalue weighted by atomic mass is 19.1. The van der Waals surface area contributed by atoms with Crippen LogP contribution in [0, 0.1) is 5.95 Å². The summed E-state index contributed by atoms with van der Waals surface area (Å²) in [5.74, 6) is 0.0497. The maximum atomic E-state index is 12.9. The zero-order valence-corrected chi connectivity index (χ0v) is 11.8. The number of hydrogen-bond donors (Lipinski definition) is 1. The lowest BCUT2D eigenvalue weighted by Crippen LogP contribution is -2.20. The molecule has 0 bridgehead atoms. The first-order chi connectivity index (χ1) is 10.8. The molecule has 1 aliphatic heterocycles. The zero-order chi connectivity index (χ0) is 15.4. The van der Waals surface area contributed by atoms with Gasteiger partial charge in [0.05, 0.1) is 5.71 Å². The Kier molecular flexibility index (Phi) is 4.24. The summed E-state index contributed by atoms with van der Waals surface area (Å²) >= 11 is 0. The van der Waals surface area contributed by atoms with Gasteiger partial charge in [-0.25, -0.2) is 4.98 Å². The Morgan fingerprint density at radius 3 is 2.95 bits per heavy atom. The van der Waals surface area contributed by atoms with Crippen LogP contribution in [0.15, 0.2) is 41.8 Å². The van der Waals surface area contributed by atoms with Crippen molar-refractivity contribution < 1.29 is 14.0 Å². The minimum Gasteiger partial charge on any atom is -0.487 e. The van der Waals surface area contributed by atoms with Gasteiger partial charge in [-0.15, -0.1) is 0 Å². The van der Waals surface area contributed by atoms with E-state index >= 15 is 0 Å². The summed E-state index contributed by atoms with van der Waals surface area (Å²) in [7, 11) is 0. The van der Waals surface area contributed by atoms with Crippen LogP contribution in [0.4, 0.5) is 4.39 Å². The molecule has 0 amide bonds. The van der Waals surface area contributed by atoms with Gasteiger partial charge in [-0.05, 0) is 24.3 Å². The van der Waals surface area contributed by atoms with Crippen LogP contribution < -0.4 is 10.5 Å². The summed E-state index contributed by atoms with van der Waals surface area (Å²) in [6.07, 6.45) is 3.57. The smallest absolute Gasteiger partial charge is 0.212 e. The van der Waals surface area contributed by atoms with Gasteiger partial charge in [0.25, 0.3) is 0 Å². The zero-order valence-electron chi connectivity index (χ0n) is 11.8. The third-order valence-corrected chi connectivity index (χ3v) is 3.23. The predicted octanol–water partition coefficient (Wildman–Crippen LogP) is 1.77. The highest BCUT2D eigenvalue weighted by Gasteiger charge is 2.21. The average Bonchev–Trinajstić information content (AvgIpc) is 3.02. The average molecular weight is 302 g/mol. The van der Waals surface area contributed by atoms with Crippen molar-refractivity contribution in [2.45, 2.75) is 12.5 Å². The van der Waals surface area contributed by atoms with Gasteiger partial charge in [-0.1, -0.05) is 5.16 Å². The number of rotatable bonds is 5. The number of nitrogens with zero attached hydrogens (tertiary/aromatic N) is 3. The molecule has 0 fully saturated rings. The third-order valence-electron chi connectivity index (χ3n) is 3.23. The summed E-state index contributed by atoms with van der Waals surface area (Å²) in [6, 6.07) is 6.47. The van der Waals surface area contributed by atoms with Crippen molar-refractivity contribution in [2.75, 3.05) is 13.2 Å². The molecule has 1 atom stereocenters. The molecule has 3 heterocycles. The summed E-state index contributed by atoms with van der Waals surface area (Å²) in [4.78, 5) is 13.2. The van der Waals surface area contributed by atoms with E-state index in [4.69, 9.17) is 15.3 Å². The van der Waals surface area contributed by atoms with Gasteiger partial charge in [0.2, 0.25) is 5.95 Å². The molecule has 7 heteroatoms.